The molecule has 0 aromatic carbocycles. The maximum absolute atomic E-state index is 12.3. The van der Waals surface area contributed by atoms with Crippen LogP contribution in [0.25, 0.3) is 0 Å². The van der Waals surface area contributed by atoms with E-state index in [0.29, 0.717) is 11.5 Å². The molecule has 106 valence electrons. The van der Waals surface area contributed by atoms with Crippen LogP contribution in [0.15, 0.2) is 17.5 Å². The molecule has 0 saturated carbocycles. The van der Waals surface area contributed by atoms with Crippen LogP contribution >= 0.6 is 11.3 Å². The Morgan fingerprint density at radius 2 is 2.32 bits per heavy atom. The van der Waals surface area contributed by atoms with E-state index in [1.54, 1.807) is 0 Å². The maximum atomic E-state index is 12.3. The molecule has 1 saturated heterocycles. The van der Waals surface area contributed by atoms with Gasteiger partial charge in [-0.25, -0.2) is 0 Å². The molecule has 0 aliphatic carbocycles. The summed E-state index contributed by atoms with van der Waals surface area (Å²) >= 11 is 1.53. The van der Waals surface area contributed by atoms with E-state index >= 15 is 0 Å². The molecule has 1 amide bonds. The smallest absolute Gasteiger partial charge is 0.263 e. The van der Waals surface area contributed by atoms with Gasteiger partial charge in [0.05, 0.1) is 4.88 Å². The highest BCUT2D eigenvalue weighted by molar-refractivity contribution is 7.12. The minimum absolute atomic E-state index is 0.192. The van der Waals surface area contributed by atoms with E-state index in [-0.39, 0.29) is 5.91 Å². The second kappa shape index (κ2) is 6.06. The molecule has 2 rings (SSSR count). The number of hydrogen-bond donors (Lipinski definition) is 1. The zero-order valence-corrected chi connectivity index (χ0v) is 12.9. The van der Waals surface area contributed by atoms with Crippen molar-refractivity contribution in [2.75, 3.05) is 19.6 Å². The second-order valence-corrected chi connectivity index (χ2v) is 7.46. The summed E-state index contributed by atoms with van der Waals surface area (Å²) in [5.41, 5.74) is 0.292. The fourth-order valence-electron chi connectivity index (χ4n) is 2.33. The number of nitrogens with zero attached hydrogens (tertiary/aromatic N) is 1. The van der Waals surface area contributed by atoms with E-state index in [9.17, 15) is 4.79 Å². The first-order chi connectivity index (χ1) is 8.96. The molecule has 1 aliphatic rings. The largest absolute Gasteiger partial charge is 0.336 e. The van der Waals surface area contributed by atoms with Gasteiger partial charge in [0.1, 0.15) is 0 Å². The van der Waals surface area contributed by atoms with Crippen molar-refractivity contribution in [1.82, 2.24) is 10.2 Å². The lowest BCUT2D eigenvalue weighted by Gasteiger charge is -2.34. The van der Waals surface area contributed by atoms with Gasteiger partial charge in [-0.15, -0.1) is 11.3 Å². The van der Waals surface area contributed by atoms with Crippen LogP contribution in [-0.2, 0) is 0 Å². The first-order valence-corrected chi connectivity index (χ1v) is 7.90. The Hall–Kier alpha value is -0.870. The molecule has 0 radical (unpaired) electrons. The van der Waals surface area contributed by atoms with Crippen LogP contribution in [0.1, 0.15) is 43.3 Å². The predicted octanol–water partition coefficient (Wildman–Crippen LogP) is 2.99. The molecular weight excluding hydrogens is 256 g/mol. The molecule has 1 unspecified atom stereocenters. The molecule has 0 spiro atoms. The van der Waals surface area contributed by atoms with Crippen LogP contribution in [0.3, 0.4) is 0 Å². The van der Waals surface area contributed by atoms with Gasteiger partial charge >= 0.3 is 0 Å². The van der Waals surface area contributed by atoms with Crippen molar-refractivity contribution in [3.63, 3.8) is 0 Å². The number of rotatable bonds is 3. The lowest BCUT2D eigenvalue weighted by atomic mass is 9.95. The Balaban J connectivity index is 1.88. The van der Waals surface area contributed by atoms with Gasteiger partial charge in [-0.05, 0) is 29.7 Å². The van der Waals surface area contributed by atoms with Crippen molar-refractivity contribution in [2.24, 2.45) is 5.41 Å². The summed E-state index contributed by atoms with van der Waals surface area (Å²) in [5.74, 6) is 0.192. The number of thiophene rings is 1. The van der Waals surface area contributed by atoms with Crippen molar-refractivity contribution in [3.05, 3.63) is 22.4 Å². The van der Waals surface area contributed by atoms with Crippen LogP contribution in [0.4, 0.5) is 0 Å². The van der Waals surface area contributed by atoms with Crippen molar-refractivity contribution in [1.29, 1.82) is 0 Å². The first kappa shape index (κ1) is 14.5. The average molecular weight is 280 g/mol. The Morgan fingerprint density at radius 1 is 1.53 bits per heavy atom. The van der Waals surface area contributed by atoms with Gasteiger partial charge in [0, 0.05) is 25.7 Å². The Kier molecular flexibility index (Phi) is 4.63. The Labute approximate surface area is 120 Å². The van der Waals surface area contributed by atoms with Gasteiger partial charge in [0.25, 0.3) is 5.91 Å². The molecule has 4 heteroatoms. The summed E-state index contributed by atoms with van der Waals surface area (Å²) in [4.78, 5) is 15.2. The van der Waals surface area contributed by atoms with E-state index in [1.807, 2.05) is 22.4 Å². The van der Waals surface area contributed by atoms with Crippen LogP contribution in [0.2, 0.25) is 0 Å². The zero-order valence-electron chi connectivity index (χ0n) is 12.1. The molecular formula is C15H24N2OS. The first-order valence-electron chi connectivity index (χ1n) is 7.02. The number of likely N-dealkylation sites (tertiary alicyclic amines) is 1. The number of amides is 1. The highest BCUT2D eigenvalue weighted by Gasteiger charge is 2.25. The highest BCUT2D eigenvalue weighted by Crippen LogP contribution is 2.18. The van der Waals surface area contributed by atoms with Gasteiger partial charge in [-0.1, -0.05) is 26.8 Å². The van der Waals surface area contributed by atoms with Crippen molar-refractivity contribution < 1.29 is 4.79 Å². The van der Waals surface area contributed by atoms with Crippen LogP contribution < -0.4 is 5.32 Å². The summed E-state index contributed by atoms with van der Waals surface area (Å²) in [5, 5.41) is 5.57. The van der Waals surface area contributed by atoms with Crippen molar-refractivity contribution in [2.45, 2.75) is 39.7 Å². The molecule has 0 bridgehead atoms. The summed E-state index contributed by atoms with van der Waals surface area (Å²) in [6, 6.07) is 4.30. The monoisotopic (exact) mass is 280 g/mol. The standard InChI is InChI=1S/C15H24N2OS/c1-15(2,3)11-16-12-6-4-8-17(10-12)14(18)13-7-5-9-19-13/h5,7,9,12,16H,4,6,8,10-11H2,1-3H3. The van der Waals surface area contributed by atoms with Crippen molar-refractivity contribution in [3.8, 4) is 0 Å². The lowest BCUT2D eigenvalue weighted by Crippen LogP contribution is -2.49. The number of carbonyl (C=O) groups excluding carboxylic acids is 1. The fraction of sp³-hybridized carbons (Fsp3) is 0.667. The molecule has 1 N–H and O–H groups in total. The van der Waals surface area contributed by atoms with E-state index in [4.69, 9.17) is 0 Å². The van der Waals surface area contributed by atoms with Gasteiger partial charge in [-0.2, -0.15) is 0 Å². The minimum Gasteiger partial charge on any atom is -0.336 e. The van der Waals surface area contributed by atoms with Gasteiger partial charge in [0.2, 0.25) is 0 Å². The van der Waals surface area contributed by atoms with E-state index in [0.717, 1.165) is 30.9 Å². The molecule has 2 heterocycles. The minimum atomic E-state index is 0.192. The zero-order chi connectivity index (χ0) is 13.9. The predicted molar refractivity (Wildman–Crippen MR) is 80.7 cm³/mol. The fourth-order valence-corrected chi connectivity index (χ4v) is 3.03. The van der Waals surface area contributed by atoms with E-state index in [1.165, 1.54) is 17.8 Å². The SMILES string of the molecule is CC(C)(C)CNC1CCCN(C(=O)c2cccs2)C1. The van der Waals surface area contributed by atoms with E-state index < -0.39 is 0 Å². The van der Waals surface area contributed by atoms with Crippen molar-refractivity contribution >= 4 is 17.2 Å². The summed E-state index contributed by atoms with van der Waals surface area (Å²) < 4.78 is 0. The normalized spacial score (nSPS) is 20.6. The molecule has 1 aromatic heterocycles. The third kappa shape index (κ3) is 4.32. The molecule has 3 nitrogen and oxygen atoms in total. The third-order valence-corrected chi connectivity index (χ3v) is 4.22. The highest BCUT2D eigenvalue weighted by atomic mass is 32.1. The van der Waals surface area contributed by atoms with Gasteiger partial charge in [-0.3, -0.25) is 4.79 Å². The third-order valence-electron chi connectivity index (χ3n) is 3.36. The van der Waals surface area contributed by atoms with Crippen LogP contribution in [0.5, 0.6) is 0 Å². The van der Waals surface area contributed by atoms with Gasteiger partial charge < -0.3 is 10.2 Å². The van der Waals surface area contributed by atoms with Crippen LogP contribution in [-0.4, -0.2) is 36.5 Å². The molecule has 1 fully saturated rings. The number of hydrogen-bond acceptors (Lipinski definition) is 3. The van der Waals surface area contributed by atoms with Gasteiger partial charge in [0.15, 0.2) is 0 Å². The second-order valence-electron chi connectivity index (χ2n) is 6.51. The van der Waals surface area contributed by atoms with Crippen LogP contribution in [0, 0.1) is 5.41 Å². The molecule has 1 atom stereocenters. The maximum Gasteiger partial charge on any atom is 0.263 e. The summed E-state index contributed by atoms with van der Waals surface area (Å²) in [7, 11) is 0. The molecule has 1 aliphatic heterocycles. The summed E-state index contributed by atoms with van der Waals surface area (Å²) in [6.45, 7) is 9.43. The topological polar surface area (TPSA) is 32.3 Å². The molecule has 1 aromatic rings. The number of piperidine rings is 1. The summed E-state index contributed by atoms with van der Waals surface area (Å²) in [6.07, 6.45) is 2.27. The average Bonchev–Trinajstić information content (AvgIpc) is 2.89. The number of carbonyl (C=O) groups is 1. The lowest BCUT2D eigenvalue weighted by molar-refractivity contribution is 0.0696. The quantitative estimate of drug-likeness (QED) is 0.923. The molecule has 19 heavy (non-hydrogen) atoms. The Bertz CT molecular complexity index is 408. The Morgan fingerprint density at radius 3 is 2.95 bits per heavy atom. The number of nitrogens with one attached hydrogen (secondary N) is 1. The van der Waals surface area contributed by atoms with E-state index in [2.05, 4.69) is 26.1 Å².